The summed E-state index contributed by atoms with van der Waals surface area (Å²) in [6, 6.07) is 8.05. The molecule has 2 aliphatic rings. The summed E-state index contributed by atoms with van der Waals surface area (Å²) in [4.78, 5) is 23.3. The van der Waals surface area contributed by atoms with Gasteiger partial charge >= 0.3 is 0 Å². The number of para-hydroxylation sites is 1. The number of amides is 1. The molecular formula is C19H22N4O2. The van der Waals surface area contributed by atoms with Gasteiger partial charge in [-0.05, 0) is 31.5 Å². The van der Waals surface area contributed by atoms with Crippen LogP contribution < -0.4 is 10.1 Å². The normalized spacial score (nSPS) is 23.2. The molecule has 2 saturated heterocycles. The third-order valence-corrected chi connectivity index (χ3v) is 5.15. The number of benzene rings is 1. The maximum absolute atomic E-state index is 11.9. The Balaban J connectivity index is 1.50. The average Bonchev–Trinajstić information content (AvgIpc) is 3.05. The molecule has 2 aliphatic heterocycles. The molecule has 2 aromatic rings. The van der Waals surface area contributed by atoms with Gasteiger partial charge in [-0.1, -0.05) is 12.1 Å². The number of ether oxygens (including phenoxy) is 1. The molecule has 130 valence electrons. The fourth-order valence-corrected chi connectivity index (χ4v) is 3.88. The van der Waals surface area contributed by atoms with Crippen molar-refractivity contribution in [1.82, 2.24) is 20.2 Å². The van der Waals surface area contributed by atoms with Crippen LogP contribution in [0.15, 0.2) is 36.7 Å². The Morgan fingerprint density at radius 3 is 2.88 bits per heavy atom. The first-order chi connectivity index (χ1) is 12.3. The number of rotatable bonds is 4. The topological polar surface area (TPSA) is 67.3 Å². The predicted octanol–water partition coefficient (Wildman–Crippen LogP) is 1.86. The van der Waals surface area contributed by atoms with Crippen molar-refractivity contribution < 1.29 is 9.53 Å². The van der Waals surface area contributed by atoms with Gasteiger partial charge in [0.25, 0.3) is 0 Å². The van der Waals surface area contributed by atoms with Crippen molar-refractivity contribution in [2.75, 3.05) is 20.2 Å². The van der Waals surface area contributed by atoms with Crippen molar-refractivity contribution in [3.63, 3.8) is 0 Å². The third-order valence-electron chi connectivity index (χ3n) is 5.15. The van der Waals surface area contributed by atoms with Crippen molar-refractivity contribution in [3.8, 4) is 17.1 Å². The van der Waals surface area contributed by atoms with Gasteiger partial charge in [-0.15, -0.1) is 0 Å². The Morgan fingerprint density at radius 2 is 2.08 bits per heavy atom. The van der Waals surface area contributed by atoms with Gasteiger partial charge in [0.1, 0.15) is 5.75 Å². The number of nitrogens with zero attached hydrogens (tertiary/aromatic N) is 3. The van der Waals surface area contributed by atoms with Gasteiger partial charge in [-0.3, -0.25) is 9.69 Å². The molecule has 2 atom stereocenters. The van der Waals surface area contributed by atoms with E-state index in [2.05, 4.69) is 20.2 Å². The summed E-state index contributed by atoms with van der Waals surface area (Å²) in [5, 5.41) is 2.99. The van der Waals surface area contributed by atoms with Gasteiger partial charge < -0.3 is 10.1 Å². The summed E-state index contributed by atoms with van der Waals surface area (Å²) < 4.78 is 5.38. The number of likely N-dealkylation sites (tertiary alicyclic amines) is 1. The van der Waals surface area contributed by atoms with E-state index < -0.39 is 0 Å². The lowest BCUT2D eigenvalue weighted by atomic mass is 9.91. The molecule has 6 nitrogen and oxygen atoms in total. The quantitative estimate of drug-likeness (QED) is 0.922. The van der Waals surface area contributed by atoms with E-state index in [1.54, 1.807) is 7.11 Å². The number of nitrogens with one attached hydrogen (secondary N) is 1. The van der Waals surface area contributed by atoms with Crippen LogP contribution in [0, 0.1) is 5.92 Å². The van der Waals surface area contributed by atoms with Crippen molar-refractivity contribution in [3.05, 3.63) is 42.2 Å². The zero-order valence-corrected chi connectivity index (χ0v) is 14.3. The minimum atomic E-state index is 0.141. The summed E-state index contributed by atoms with van der Waals surface area (Å²) in [7, 11) is 1.65. The van der Waals surface area contributed by atoms with E-state index in [4.69, 9.17) is 4.74 Å². The van der Waals surface area contributed by atoms with E-state index in [1.165, 1.54) is 0 Å². The molecule has 0 spiro atoms. The largest absolute Gasteiger partial charge is 0.496 e. The van der Waals surface area contributed by atoms with Crippen LogP contribution in [0.5, 0.6) is 5.75 Å². The van der Waals surface area contributed by atoms with Crippen LogP contribution in [0.3, 0.4) is 0 Å². The summed E-state index contributed by atoms with van der Waals surface area (Å²) in [6.45, 7) is 2.55. The molecule has 1 aromatic heterocycles. The lowest BCUT2D eigenvalue weighted by molar-refractivity contribution is -0.124. The number of fused-ring (bicyclic) bond motifs is 1. The molecule has 1 amide bonds. The van der Waals surface area contributed by atoms with E-state index in [0.717, 1.165) is 49.4 Å². The van der Waals surface area contributed by atoms with Crippen molar-refractivity contribution >= 4 is 5.91 Å². The maximum atomic E-state index is 11.9. The van der Waals surface area contributed by atoms with Crippen LogP contribution >= 0.6 is 0 Å². The second kappa shape index (κ2) is 6.80. The van der Waals surface area contributed by atoms with E-state index in [1.807, 2.05) is 36.7 Å². The molecule has 6 heteroatoms. The van der Waals surface area contributed by atoms with Gasteiger partial charge in [0.2, 0.25) is 5.91 Å². The predicted molar refractivity (Wildman–Crippen MR) is 94.0 cm³/mol. The van der Waals surface area contributed by atoms with Crippen LogP contribution in [0.25, 0.3) is 11.4 Å². The molecule has 1 aromatic carbocycles. The van der Waals surface area contributed by atoms with E-state index in [0.29, 0.717) is 11.9 Å². The van der Waals surface area contributed by atoms with Crippen molar-refractivity contribution in [1.29, 1.82) is 0 Å². The minimum absolute atomic E-state index is 0.141. The number of carbonyl (C=O) groups excluding carboxylic acids is 1. The number of methoxy groups -OCH3 is 1. The lowest BCUT2D eigenvalue weighted by Crippen LogP contribution is -2.44. The number of piperidine rings is 1. The first-order valence-electron chi connectivity index (χ1n) is 8.72. The number of aromatic nitrogens is 2. The Labute approximate surface area is 147 Å². The summed E-state index contributed by atoms with van der Waals surface area (Å²) in [5.74, 6) is 1.78. The molecule has 25 heavy (non-hydrogen) atoms. The SMILES string of the molecule is COc1ccccc1-c1ncc(CN2CCC[C@H]3C(=O)NC[C@H]32)cn1. The highest BCUT2D eigenvalue weighted by Gasteiger charge is 2.40. The fourth-order valence-electron chi connectivity index (χ4n) is 3.88. The lowest BCUT2D eigenvalue weighted by Gasteiger charge is -2.35. The van der Waals surface area contributed by atoms with Gasteiger partial charge in [0, 0.05) is 37.1 Å². The number of hydrogen-bond acceptors (Lipinski definition) is 5. The summed E-state index contributed by atoms with van der Waals surface area (Å²) >= 11 is 0. The summed E-state index contributed by atoms with van der Waals surface area (Å²) in [5.41, 5.74) is 1.96. The number of carbonyl (C=O) groups is 1. The molecule has 0 saturated carbocycles. The van der Waals surface area contributed by atoms with Crippen LogP contribution in [-0.2, 0) is 11.3 Å². The molecule has 1 N–H and O–H groups in total. The molecule has 0 radical (unpaired) electrons. The first-order valence-corrected chi connectivity index (χ1v) is 8.72. The Morgan fingerprint density at radius 1 is 1.28 bits per heavy atom. The smallest absolute Gasteiger partial charge is 0.224 e. The average molecular weight is 338 g/mol. The van der Waals surface area contributed by atoms with Gasteiger partial charge in [0.15, 0.2) is 5.82 Å². The van der Waals surface area contributed by atoms with Crippen LogP contribution in [0.4, 0.5) is 0 Å². The van der Waals surface area contributed by atoms with Gasteiger partial charge in [-0.2, -0.15) is 0 Å². The van der Waals surface area contributed by atoms with Crippen LogP contribution in [0.1, 0.15) is 18.4 Å². The first kappa shape index (κ1) is 16.0. The van der Waals surface area contributed by atoms with Crippen molar-refractivity contribution in [2.45, 2.75) is 25.4 Å². The van der Waals surface area contributed by atoms with Crippen LogP contribution in [0.2, 0.25) is 0 Å². The standard InChI is InChI=1S/C19H22N4O2/c1-25-17-7-3-2-5-15(17)18-20-9-13(10-21-18)12-23-8-4-6-14-16(23)11-22-19(14)24/h2-3,5,7,9-10,14,16H,4,6,8,11-12H2,1H3,(H,22,24)/t14-,16-/m1/s1. The highest BCUT2D eigenvalue weighted by Crippen LogP contribution is 2.29. The molecule has 0 bridgehead atoms. The second-order valence-corrected chi connectivity index (χ2v) is 6.65. The third kappa shape index (κ3) is 3.09. The maximum Gasteiger partial charge on any atom is 0.224 e. The zero-order valence-electron chi connectivity index (χ0n) is 14.3. The second-order valence-electron chi connectivity index (χ2n) is 6.65. The van der Waals surface area contributed by atoms with E-state index in [9.17, 15) is 4.79 Å². The summed E-state index contributed by atoms with van der Waals surface area (Å²) in [6.07, 6.45) is 5.82. The Kier molecular flexibility index (Phi) is 4.36. The van der Waals surface area contributed by atoms with Crippen molar-refractivity contribution in [2.24, 2.45) is 5.92 Å². The molecule has 0 aliphatic carbocycles. The fraction of sp³-hybridized carbons (Fsp3) is 0.421. The van der Waals surface area contributed by atoms with Gasteiger partial charge in [-0.25, -0.2) is 9.97 Å². The van der Waals surface area contributed by atoms with Gasteiger partial charge in [0.05, 0.1) is 18.6 Å². The minimum Gasteiger partial charge on any atom is -0.496 e. The molecule has 0 unspecified atom stereocenters. The van der Waals surface area contributed by atoms with Crippen LogP contribution in [-0.4, -0.2) is 47.0 Å². The van der Waals surface area contributed by atoms with E-state index in [-0.39, 0.29) is 11.8 Å². The Hall–Kier alpha value is -2.47. The Bertz CT molecular complexity index is 762. The molecular weight excluding hydrogens is 316 g/mol. The molecule has 2 fully saturated rings. The number of hydrogen-bond donors (Lipinski definition) is 1. The highest BCUT2D eigenvalue weighted by atomic mass is 16.5. The zero-order chi connectivity index (χ0) is 17.2. The highest BCUT2D eigenvalue weighted by molar-refractivity contribution is 5.82. The monoisotopic (exact) mass is 338 g/mol. The molecule has 3 heterocycles. The molecule has 4 rings (SSSR count). The van der Waals surface area contributed by atoms with E-state index >= 15 is 0 Å².